The summed E-state index contributed by atoms with van der Waals surface area (Å²) in [5.74, 6) is -0.324. The van der Waals surface area contributed by atoms with E-state index in [9.17, 15) is 18.0 Å². The van der Waals surface area contributed by atoms with E-state index in [1.54, 1.807) is 0 Å². The molecule has 116 valence electrons. The number of carbonyl (C=O) groups is 1. The maximum absolute atomic E-state index is 12.7. The molecule has 0 spiro atoms. The lowest BCUT2D eigenvalue weighted by Gasteiger charge is -2.40. The Balaban J connectivity index is 2.08. The molecule has 1 aliphatic rings. The number of anilines is 1. The number of alkyl halides is 3. The SMILES string of the molecule is NCC1(CC(=O)Nc2ccc(Cl)c(C(F)(F)F)c2)CCC1. The van der Waals surface area contributed by atoms with Crippen molar-refractivity contribution in [1.82, 2.24) is 0 Å². The molecule has 0 unspecified atom stereocenters. The molecule has 1 aliphatic carbocycles. The van der Waals surface area contributed by atoms with Crippen molar-refractivity contribution in [3.63, 3.8) is 0 Å². The van der Waals surface area contributed by atoms with Crippen LogP contribution in [0.15, 0.2) is 18.2 Å². The van der Waals surface area contributed by atoms with Gasteiger partial charge in [-0.3, -0.25) is 4.79 Å². The molecule has 0 aliphatic heterocycles. The molecule has 3 nitrogen and oxygen atoms in total. The average molecular weight is 321 g/mol. The minimum absolute atomic E-state index is 0.0863. The third-order valence-electron chi connectivity index (χ3n) is 3.94. The Labute approximate surface area is 125 Å². The largest absolute Gasteiger partial charge is 0.417 e. The lowest BCUT2D eigenvalue weighted by atomic mass is 9.66. The van der Waals surface area contributed by atoms with Gasteiger partial charge in [-0.05, 0) is 43.0 Å². The van der Waals surface area contributed by atoms with E-state index in [0.29, 0.717) is 6.54 Å². The van der Waals surface area contributed by atoms with Crippen LogP contribution in [0.1, 0.15) is 31.2 Å². The van der Waals surface area contributed by atoms with E-state index in [1.165, 1.54) is 6.07 Å². The van der Waals surface area contributed by atoms with Gasteiger partial charge in [0.15, 0.2) is 0 Å². The summed E-state index contributed by atoms with van der Waals surface area (Å²) in [6.45, 7) is 0.412. The lowest BCUT2D eigenvalue weighted by molar-refractivity contribution is -0.137. The van der Waals surface area contributed by atoms with Crippen molar-refractivity contribution in [3.05, 3.63) is 28.8 Å². The van der Waals surface area contributed by atoms with Gasteiger partial charge in [-0.1, -0.05) is 18.0 Å². The number of amides is 1. The van der Waals surface area contributed by atoms with Crippen LogP contribution >= 0.6 is 11.6 Å². The van der Waals surface area contributed by atoms with E-state index in [2.05, 4.69) is 5.32 Å². The first-order chi connectivity index (χ1) is 9.76. The van der Waals surface area contributed by atoms with Crippen LogP contribution in [-0.2, 0) is 11.0 Å². The van der Waals surface area contributed by atoms with Crippen LogP contribution in [0.4, 0.5) is 18.9 Å². The van der Waals surface area contributed by atoms with Crippen molar-refractivity contribution in [2.24, 2.45) is 11.1 Å². The topological polar surface area (TPSA) is 55.1 Å². The van der Waals surface area contributed by atoms with Crippen LogP contribution < -0.4 is 11.1 Å². The number of hydrogen-bond donors (Lipinski definition) is 2. The number of nitrogens with one attached hydrogen (secondary N) is 1. The van der Waals surface area contributed by atoms with Gasteiger partial charge in [0.1, 0.15) is 0 Å². The summed E-state index contributed by atoms with van der Waals surface area (Å²) in [4.78, 5) is 11.9. The first kappa shape index (κ1) is 16.1. The molecule has 1 amide bonds. The molecule has 1 aromatic carbocycles. The highest BCUT2D eigenvalue weighted by atomic mass is 35.5. The Morgan fingerprint density at radius 3 is 2.52 bits per heavy atom. The minimum Gasteiger partial charge on any atom is -0.330 e. The third-order valence-corrected chi connectivity index (χ3v) is 4.27. The molecule has 1 aromatic rings. The van der Waals surface area contributed by atoms with Gasteiger partial charge in [0.2, 0.25) is 5.91 Å². The highest BCUT2D eigenvalue weighted by molar-refractivity contribution is 6.31. The fraction of sp³-hybridized carbons (Fsp3) is 0.500. The van der Waals surface area contributed by atoms with Gasteiger partial charge in [-0.2, -0.15) is 13.2 Å². The zero-order valence-electron chi connectivity index (χ0n) is 11.3. The zero-order valence-corrected chi connectivity index (χ0v) is 12.0. The summed E-state index contributed by atoms with van der Waals surface area (Å²) in [6.07, 6.45) is -1.53. The standard InChI is InChI=1S/C14H16ClF3N2O/c15-11-3-2-9(6-10(11)14(16,17)18)20-12(21)7-13(8-19)4-1-5-13/h2-3,6H,1,4-5,7-8,19H2,(H,20,21). The monoisotopic (exact) mass is 320 g/mol. The fourth-order valence-electron chi connectivity index (χ4n) is 2.50. The maximum atomic E-state index is 12.7. The summed E-state index contributed by atoms with van der Waals surface area (Å²) in [5, 5.41) is 2.10. The van der Waals surface area contributed by atoms with Crippen LogP contribution in [0, 0.1) is 5.41 Å². The van der Waals surface area contributed by atoms with Gasteiger partial charge in [0.05, 0.1) is 10.6 Å². The average Bonchev–Trinajstić information content (AvgIpc) is 2.35. The van der Waals surface area contributed by atoms with E-state index in [0.717, 1.165) is 31.4 Å². The second-order valence-corrected chi connectivity index (χ2v) is 5.88. The van der Waals surface area contributed by atoms with Gasteiger partial charge in [0.25, 0.3) is 0 Å². The zero-order chi connectivity index (χ0) is 15.7. The molecular formula is C14H16ClF3N2O. The van der Waals surface area contributed by atoms with Gasteiger partial charge in [-0.25, -0.2) is 0 Å². The summed E-state index contributed by atoms with van der Waals surface area (Å²) in [7, 11) is 0. The van der Waals surface area contributed by atoms with Crippen LogP contribution in [-0.4, -0.2) is 12.5 Å². The Hall–Kier alpha value is -1.27. The first-order valence-electron chi connectivity index (χ1n) is 6.62. The van der Waals surface area contributed by atoms with Crippen molar-refractivity contribution in [2.75, 3.05) is 11.9 Å². The first-order valence-corrected chi connectivity index (χ1v) is 7.00. The second-order valence-electron chi connectivity index (χ2n) is 5.48. The number of carbonyl (C=O) groups excluding carboxylic acids is 1. The Morgan fingerprint density at radius 1 is 1.38 bits per heavy atom. The van der Waals surface area contributed by atoms with E-state index in [4.69, 9.17) is 17.3 Å². The number of nitrogens with two attached hydrogens (primary N) is 1. The Kier molecular flexibility index (Phi) is 4.49. The number of benzene rings is 1. The summed E-state index contributed by atoms with van der Waals surface area (Å²) in [6, 6.07) is 3.32. The van der Waals surface area contributed by atoms with E-state index >= 15 is 0 Å². The number of rotatable bonds is 4. The van der Waals surface area contributed by atoms with Gasteiger partial charge in [0, 0.05) is 12.1 Å². The molecular weight excluding hydrogens is 305 g/mol. The van der Waals surface area contributed by atoms with Crippen LogP contribution in [0.5, 0.6) is 0 Å². The molecule has 0 heterocycles. The molecule has 21 heavy (non-hydrogen) atoms. The maximum Gasteiger partial charge on any atom is 0.417 e. The molecule has 0 aromatic heterocycles. The quantitative estimate of drug-likeness (QED) is 0.886. The van der Waals surface area contributed by atoms with Crippen LogP contribution in [0.3, 0.4) is 0 Å². The number of hydrogen-bond acceptors (Lipinski definition) is 2. The highest BCUT2D eigenvalue weighted by Gasteiger charge is 2.38. The summed E-state index contributed by atoms with van der Waals surface area (Å²) >= 11 is 5.53. The molecule has 7 heteroatoms. The second kappa shape index (κ2) is 5.85. The summed E-state index contributed by atoms with van der Waals surface area (Å²) in [5.41, 5.74) is 4.60. The summed E-state index contributed by atoms with van der Waals surface area (Å²) < 4.78 is 38.2. The normalized spacial score (nSPS) is 17.2. The van der Waals surface area contributed by atoms with Gasteiger partial charge >= 0.3 is 6.18 Å². The van der Waals surface area contributed by atoms with E-state index in [1.807, 2.05) is 0 Å². The molecule has 0 radical (unpaired) electrons. The van der Waals surface area contributed by atoms with E-state index < -0.39 is 16.8 Å². The molecule has 3 N–H and O–H groups in total. The predicted molar refractivity (Wildman–Crippen MR) is 75.0 cm³/mol. The molecule has 1 fully saturated rings. The lowest BCUT2D eigenvalue weighted by Crippen LogP contribution is -2.40. The van der Waals surface area contributed by atoms with E-state index in [-0.39, 0.29) is 23.4 Å². The number of halogens is 4. The van der Waals surface area contributed by atoms with Crippen molar-refractivity contribution in [3.8, 4) is 0 Å². The fourth-order valence-corrected chi connectivity index (χ4v) is 2.72. The molecule has 2 rings (SSSR count). The predicted octanol–water partition coefficient (Wildman–Crippen LogP) is 3.82. The Morgan fingerprint density at radius 2 is 2.05 bits per heavy atom. The third kappa shape index (κ3) is 3.68. The highest BCUT2D eigenvalue weighted by Crippen LogP contribution is 2.43. The van der Waals surface area contributed by atoms with Gasteiger partial charge < -0.3 is 11.1 Å². The molecule has 0 saturated heterocycles. The van der Waals surface area contributed by atoms with Gasteiger partial charge in [-0.15, -0.1) is 0 Å². The van der Waals surface area contributed by atoms with Crippen LogP contribution in [0.25, 0.3) is 0 Å². The molecule has 1 saturated carbocycles. The molecule has 0 atom stereocenters. The van der Waals surface area contributed by atoms with Crippen molar-refractivity contribution < 1.29 is 18.0 Å². The smallest absolute Gasteiger partial charge is 0.330 e. The molecule has 0 bridgehead atoms. The van der Waals surface area contributed by atoms with Crippen molar-refractivity contribution in [1.29, 1.82) is 0 Å². The Bertz CT molecular complexity index is 536. The minimum atomic E-state index is -4.55. The van der Waals surface area contributed by atoms with Crippen molar-refractivity contribution >= 4 is 23.2 Å². The van der Waals surface area contributed by atoms with Crippen molar-refractivity contribution in [2.45, 2.75) is 31.9 Å². The van der Waals surface area contributed by atoms with Crippen LogP contribution in [0.2, 0.25) is 5.02 Å².